The van der Waals surface area contributed by atoms with Gasteiger partial charge in [0.15, 0.2) is 0 Å². The predicted octanol–water partition coefficient (Wildman–Crippen LogP) is 0.121. The minimum Gasteiger partial charge on any atom is -0.395 e. The van der Waals surface area contributed by atoms with Crippen molar-refractivity contribution in [2.24, 2.45) is 11.3 Å². The Morgan fingerprint density at radius 1 is 1.08 bits per heavy atom. The van der Waals surface area contributed by atoms with Gasteiger partial charge in [-0.3, -0.25) is 4.90 Å². The fourth-order valence-electron chi connectivity index (χ4n) is 5.07. The van der Waals surface area contributed by atoms with Gasteiger partial charge in [-0.25, -0.2) is 0 Å². The van der Waals surface area contributed by atoms with E-state index in [4.69, 9.17) is 4.74 Å². The molecule has 3 aliphatic rings. The Morgan fingerprint density at radius 2 is 1.75 bits per heavy atom. The summed E-state index contributed by atoms with van der Waals surface area (Å²) in [5.74, 6) is 0.503. The molecule has 24 heavy (non-hydrogen) atoms. The zero-order valence-electron chi connectivity index (χ0n) is 14.9. The van der Waals surface area contributed by atoms with Crippen LogP contribution in [-0.4, -0.2) is 81.6 Å². The number of rotatable bonds is 3. The third-order valence-corrected chi connectivity index (χ3v) is 6.44. The molecule has 1 saturated carbocycles. The van der Waals surface area contributed by atoms with Gasteiger partial charge in [-0.2, -0.15) is 0 Å². The van der Waals surface area contributed by atoms with Crippen LogP contribution in [0.5, 0.6) is 0 Å². The first-order valence-electron chi connectivity index (χ1n) is 9.28. The fourth-order valence-corrected chi connectivity index (χ4v) is 5.07. The van der Waals surface area contributed by atoms with Crippen LogP contribution in [0.25, 0.3) is 0 Å². The molecule has 6 heteroatoms. The SMILES string of the molecule is CC1(C)C[C@]2(CC[C@H](CN3C[C@H](O)[C@@H](O)[C@H](O)[C@@H]3CO)CC2)CO1. The molecule has 0 aromatic heterocycles. The van der Waals surface area contributed by atoms with Crippen LogP contribution >= 0.6 is 0 Å². The van der Waals surface area contributed by atoms with E-state index in [0.29, 0.717) is 17.9 Å². The summed E-state index contributed by atoms with van der Waals surface area (Å²) in [6, 6.07) is -0.493. The molecule has 0 aromatic carbocycles. The molecule has 2 heterocycles. The fraction of sp³-hybridized carbons (Fsp3) is 1.00. The van der Waals surface area contributed by atoms with Crippen molar-refractivity contribution in [3.63, 3.8) is 0 Å². The molecule has 140 valence electrons. The van der Waals surface area contributed by atoms with Crippen molar-refractivity contribution in [2.45, 2.75) is 75.9 Å². The number of aliphatic hydroxyl groups excluding tert-OH is 4. The maximum atomic E-state index is 10.1. The van der Waals surface area contributed by atoms with Gasteiger partial charge in [-0.1, -0.05) is 0 Å². The molecule has 0 aromatic rings. The van der Waals surface area contributed by atoms with Crippen LogP contribution in [-0.2, 0) is 4.74 Å². The molecule has 6 nitrogen and oxygen atoms in total. The minimum absolute atomic E-state index is 0.00789. The van der Waals surface area contributed by atoms with Crippen LogP contribution in [0, 0.1) is 11.3 Å². The van der Waals surface area contributed by atoms with Gasteiger partial charge in [0.05, 0.1) is 31.0 Å². The van der Waals surface area contributed by atoms with Gasteiger partial charge in [0.2, 0.25) is 0 Å². The number of nitrogens with zero attached hydrogens (tertiary/aromatic N) is 1. The van der Waals surface area contributed by atoms with Gasteiger partial charge in [0, 0.05) is 13.1 Å². The van der Waals surface area contributed by atoms with Crippen molar-refractivity contribution >= 4 is 0 Å². The monoisotopic (exact) mass is 343 g/mol. The second-order valence-electron chi connectivity index (χ2n) is 8.92. The number of hydrogen-bond donors (Lipinski definition) is 4. The Bertz CT molecular complexity index is 435. The van der Waals surface area contributed by atoms with Crippen LogP contribution in [0.4, 0.5) is 0 Å². The first kappa shape index (κ1) is 18.5. The van der Waals surface area contributed by atoms with E-state index in [1.807, 2.05) is 4.90 Å². The third-order valence-electron chi connectivity index (χ3n) is 6.44. The Kier molecular flexibility index (Phi) is 5.27. The van der Waals surface area contributed by atoms with Crippen molar-refractivity contribution in [2.75, 3.05) is 26.3 Å². The number of piperidine rings is 1. The van der Waals surface area contributed by atoms with E-state index in [1.54, 1.807) is 0 Å². The number of likely N-dealkylation sites (tertiary alicyclic amines) is 1. The summed E-state index contributed by atoms with van der Waals surface area (Å²) in [6.45, 7) is 6.06. The van der Waals surface area contributed by atoms with Crippen molar-refractivity contribution in [3.05, 3.63) is 0 Å². The standard InChI is InChI=1S/C18H33NO5/c1-17(2)10-18(11-24-17)5-3-12(4-6-18)7-19-8-14(21)16(23)15(22)13(19)9-20/h12-16,20-23H,3-11H2,1-2H3/t12-,13-,14-,15+,16+,18+/m0/s1. The molecule has 4 atom stereocenters. The maximum Gasteiger partial charge on any atom is 0.109 e. The largest absolute Gasteiger partial charge is 0.395 e. The van der Waals surface area contributed by atoms with E-state index < -0.39 is 24.4 Å². The third kappa shape index (κ3) is 3.64. The lowest BCUT2D eigenvalue weighted by Gasteiger charge is -2.45. The Hall–Kier alpha value is -0.240. The lowest BCUT2D eigenvalue weighted by molar-refractivity contribution is -0.148. The lowest BCUT2D eigenvalue weighted by Crippen LogP contribution is -2.63. The highest BCUT2D eigenvalue weighted by atomic mass is 16.5. The van der Waals surface area contributed by atoms with Crippen LogP contribution in [0.3, 0.4) is 0 Å². The van der Waals surface area contributed by atoms with Crippen LogP contribution in [0.1, 0.15) is 46.0 Å². The number of aliphatic hydroxyl groups is 4. The van der Waals surface area contributed by atoms with Crippen LogP contribution < -0.4 is 0 Å². The van der Waals surface area contributed by atoms with E-state index >= 15 is 0 Å². The van der Waals surface area contributed by atoms with Gasteiger partial charge in [0.25, 0.3) is 0 Å². The molecule has 0 amide bonds. The van der Waals surface area contributed by atoms with Crippen molar-refractivity contribution in [3.8, 4) is 0 Å². The predicted molar refractivity (Wildman–Crippen MR) is 89.5 cm³/mol. The lowest BCUT2D eigenvalue weighted by atomic mass is 9.68. The second kappa shape index (κ2) is 6.82. The molecule has 0 radical (unpaired) electrons. The molecular formula is C18H33NO5. The van der Waals surface area contributed by atoms with Crippen LogP contribution in [0.15, 0.2) is 0 Å². The zero-order chi connectivity index (χ0) is 17.5. The molecule has 3 fully saturated rings. The van der Waals surface area contributed by atoms with E-state index in [0.717, 1.165) is 45.3 Å². The molecule has 1 spiro atoms. The van der Waals surface area contributed by atoms with Gasteiger partial charge in [0.1, 0.15) is 12.2 Å². The minimum atomic E-state index is -1.18. The van der Waals surface area contributed by atoms with Gasteiger partial charge >= 0.3 is 0 Å². The van der Waals surface area contributed by atoms with Gasteiger partial charge in [-0.05, 0) is 57.3 Å². The topological polar surface area (TPSA) is 93.4 Å². The summed E-state index contributed by atoms with van der Waals surface area (Å²) in [5.41, 5.74) is 0.319. The number of hydrogen-bond acceptors (Lipinski definition) is 6. The zero-order valence-corrected chi connectivity index (χ0v) is 14.9. The van der Waals surface area contributed by atoms with E-state index in [9.17, 15) is 20.4 Å². The molecule has 0 unspecified atom stereocenters. The molecular weight excluding hydrogens is 310 g/mol. The van der Waals surface area contributed by atoms with E-state index in [-0.39, 0.29) is 12.2 Å². The highest BCUT2D eigenvalue weighted by Crippen LogP contribution is 2.50. The molecule has 0 bridgehead atoms. The van der Waals surface area contributed by atoms with Crippen LogP contribution in [0.2, 0.25) is 0 Å². The van der Waals surface area contributed by atoms with Crippen molar-refractivity contribution in [1.29, 1.82) is 0 Å². The first-order valence-corrected chi connectivity index (χ1v) is 9.28. The highest BCUT2D eigenvalue weighted by Gasteiger charge is 2.47. The average molecular weight is 343 g/mol. The maximum absolute atomic E-state index is 10.1. The Morgan fingerprint density at radius 3 is 2.29 bits per heavy atom. The van der Waals surface area contributed by atoms with Crippen molar-refractivity contribution in [1.82, 2.24) is 4.90 Å². The Labute approximate surface area is 144 Å². The molecule has 4 N–H and O–H groups in total. The molecule has 1 aliphatic carbocycles. The number of β-amino-alcohol motifs (C(OH)–C–C–N with tert-alkyl or cyclic N) is 1. The van der Waals surface area contributed by atoms with Gasteiger partial charge < -0.3 is 25.2 Å². The summed E-state index contributed by atoms with van der Waals surface area (Å²) in [4.78, 5) is 1.96. The normalized spacial score (nSPS) is 46.5. The van der Waals surface area contributed by atoms with E-state index in [2.05, 4.69) is 13.8 Å². The van der Waals surface area contributed by atoms with E-state index in [1.165, 1.54) is 0 Å². The molecule has 3 rings (SSSR count). The summed E-state index contributed by atoms with van der Waals surface area (Å²) < 4.78 is 5.96. The summed E-state index contributed by atoms with van der Waals surface area (Å²) in [5, 5.41) is 39.4. The van der Waals surface area contributed by atoms with Crippen molar-refractivity contribution < 1.29 is 25.2 Å². The van der Waals surface area contributed by atoms with Gasteiger partial charge in [-0.15, -0.1) is 0 Å². The highest BCUT2D eigenvalue weighted by molar-refractivity contribution is 4.98. The Balaban J connectivity index is 1.56. The summed E-state index contributed by atoms with van der Waals surface area (Å²) >= 11 is 0. The molecule has 2 saturated heterocycles. The average Bonchev–Trinajstić information content (AvgIpc) is 2.83. The second-order valence-corrected chi connectivity index (χ2v) is 8.92. The molecule has 2 aliphatic heterocycles. The first-order chi connectivity index (χ1) is 11.3. The quantitative estimate of drug-likeness (QED) is 0.582. The summed E-state index contributed by atoms with van der Waals surface area (Å²) in [6.07, 6.45) is 2.44. The number of ether oxygens (including phenoxy) is 1. The summed E-state index contributed by atoms with van der Waals surface area (Å²) in [7, 11) is 0. The smallest absolute Gasteiger partial charge is 0.109 e.